The normalized spacial score (nSPS) is 13.1. The first-order chi connectivity index (χ1) is 12.4. The van der Waals surface area contributed by atoms with Gasteiger partial charge in [-0.2, -0.15) is 0 Å². The van der Waals surface area contributed by atoms with E-state index < -0.39 is 0 Å². The predicted molar refractivity (Wildman–Crippen MR) is 106 cm³/mol. The second-order valence-corrected chi connectivity index (χ2v) is 7.86. The molecule has 0 atom stereocenters. The molecule has 2 aromatic rings. The Hall–Kier alpha value is -1.99. The Bertz CT molecular complexity index is 912. The number of nitrogens with one attached hydrogen (secondary N) is 1. The minimum Gasteiger partial charge on any atom is -0.325 e. The molecule has 1 aliphatic rings. The molecule has 134 valence electrons. The summed E-state index contributed by atoms with van der Waals surface area (Å²) >= 11 is 6.73. The second-order valence-electron chi connectivity index (χ2n) is 6.09. The topological polar surface area (TPSA) is 66.5 Å². The van der Waals surface area contributed by atoms with Gasteiger partial charge < -0.3 is 5.32 Å². The van der Waals surface area contributed by atoms with Crippen molar-refractivity contribution in [2.24, 2.45) is 0 Å². The van der Waals surface area contributed by atoms with E-state index in [-0.39, 0.29) is 30.7 Å². The van der Waals surface area contributed by atoms with Crippen LogP contribution in [0.4, 0.5) is 5.69 Å². The van der Waals surface area contributed by atoms with E-state index in [1.807, 2.05) is 25.1 Å². The summed E-state index contributed by atoms with van der Waals surface area (Å²) < 4.78 is 1.57. The molecule has 1 heterocycles. The number of benzene rings is 2. The van der Waals surface area contributed by atoms with Crippen LogP contribution in [-0.2, 0) is 4.79 Å². The van der Waals surface area contributed by atoms with E-state index in [1.54, 1.807) is 18.2 Å². The van der Waals surface area contributed by atoms with Crippen LogP contribution in [0, 0.1) is 6.92 Å². The standard InChI is InChI=1S/C19H16Br2N2O3/c1-11-4-7-16(15(21)9-11)22-17(24)3-2-8-23-18(25)13-6-5-12(20)10-14(13)19(23)26/h4-7,9-10H,2-3,8H2,1H3,(H,22,24). The molecule has 7 heteroatoms. The maximum Gasteiger partial charge on any atom is 0.261 e. The Kier molecular flexibility index (Phi) is 5.58. The summed E-state index contributed by atoms with van der Waals surface area (Å²) in [4.78, 5) is 38.0. The summed E-state index contributed by atoms with van der Waals surface area (Å²) in [7, 11) is 0. The third-order valence-electron chi connectivity index (χ3n) is 4.12. The predicted octanol–water partition coefficient (Wildman–Crippen LogP) is 4.53. The molecule has 3 rings (SSSR count). The van der Waals surface area contributed by atoms with Gasteiger partial charge in [-0.05, 0) is 65.2 Å². The smallest absolute Gasteiger partial charge is 0.261 e. The number of hydrogen-bond donors (Lipinski definition) is 1. The number of anilines is 1. The molecule has 1 aliphatic heterocycles. The highest BCUT2D eigenvalue weighted by atomic mass is 79.9. The van der Waals surface area contributed by atoms with Gasteiger partial charge >= 0.3 is 0 Å². The van der Waals surface area contributed by atoms with Crippen LogP contribution in [0.25, 0.3) is 0 Å². The summed E-state index contributed by atoms with van der Waals surface area (Å²) in [5, 5.41) is 2.83. The lowest BCUT2D eigenvalue weighted by atomic mass is 10.1. The van der Waals surface area contributed by atoms with E-state index >= 15 is 0 Å². The van der Waals surface area contributed by atoms with E-state index in [1.165, 1.54) is 4.90 Å². The number of fused-ring (bicyclic) bond motifs is 1. The highest BCUT2D eigenvalue weighted by Gasteiger charge is 2.35. The van der Waals surface area contributed by atoms with E-state index in [0.29, 0.717) is 23.2 Å². The number of amides is 3. The van der Waals surface area contributed by atoms with Crippen LogP contribution < -0.4 is 5.32 Å². The van der Waals surface area contributed by atoms with Crippen LogP contribution in [0.2, 0.25) is 0 Å². The molecule has 0 aliphatic carbocycles. The lowest BCUT2D eigenvalue weighted by molar-refractivity contribution is -0.116. The van der Waals surface area contributed by atoms with Crippen LogP contribution in [0.15, 0.2) is 45.3 Å². The molecule has 0 spiro atoms. The molecular weight excluding hydrogens is 464 g/mol. The Labute approximate surface area is 168 Å². The van der Waals surface area contributed by atoms with E-state index in [9.17, 15) is 14.4 Å². The van der Waals surface area contributed by atoms with Crippen molar-refractivity contribution < 1.29 is 14.4 Å². The zero-order valence-corrected chi connectivity index (χ0v) is 17.2. The van der Waals surface area contributed by atoms with Gasteiger partial charge in [-0.3, -0.25) is 19.3 Å². The van der Waals surface area contributed by atoms with Gasteiger partial charge in [0, 0.05) is 21.9 Å². The average molecular weight is 480 g/mol. The van der Waals surface area contributed by atoms with Crippen molar-refractivity contribution in [2.75, 3.05) is 11.9 Å². The fourth-order valence-corrected chi connectivity index (χ4v) is 3.75. The van der Waals surface area contributed by atoms with Crippen molar-refractivity contribution >= 4 is 55.3 Å². The van der Waals surface area contributed by atoms with Crippen molar-refractivity contribution in [2.45, 2.75) is 19.8 Å². The second kappa shape index (κ2) is 7.72. The number of hydrogen-bond acceptors (Lipinski definition) is 3. The van der Waals surface area contributed by atoms with Gasteiger partial charge in [-0.1, -0.05) is 22.0 Å². The summed E-state index contributed by atoms with van der Waals surface area (Å²) in [6.07, 6.45) is 0.624. The number of imide groups is 1. The van der Waals surface area contributed by atoms with E-state index in [2.05, 4.69) is 37.2 Å². The number of nitrogens with zero attached hydrogens (tertiary/aromatic N) is 1. The van der Waals surface area contributed by atoms with Crippen molar-refractivity contribution in [3.05, 3.63) is 62.0 Å². The first-order valence-electron chi connectivity index (χ1n) is 8.08. The average Bonchev–Trinajstić information content (AvgIpc) is 2.82. The SMILES string of the molecule is Cc1ccc(NC(=O)CCCN2C(=O)c3ccc(Br)cc3C2=O)c(Br)c1. The number of halogens is 2. The minimum atomic E-state index is -0.312. The Balaban J connectivity index is 1.56. The van der Waals surface area contributed by atoms with Gasteiger partial charge in [-0.15, -0.1) is 0 Å². The lowest BCUT2D eigenvalue weighted by Gasteiger charge is -2.13. The highest BCUT2D eigenvalue weighted by Crippen LogP contribution is 2.26. The molecule has 26 heavy (non-hydrogen) atoms. The number of aryl methyl sites for hydroxylation is 1. The molecule has 0 fully saturated rings. The van der Waals surface area contributed by atoms with Gasteiger partial charge in [0.2, 0.25) is 5.91 Å². The maximum absolute atomic E-state index is 12.4. The van der Waals surface area contributed by atoms with Crippen molar-refractivity contribution in [3.8, 4) is 0 Å². The van der Waals surface area contributed by atoms with Crippen molar-refractivity contribution in [1.29, 1.82) is 0 Å². The van der Waals surface area contributed by atoms with Gasteiger partial charge in [0.05, 0.1) is 16.8 Å². The fourth-order valence-electron chi connectivity index (χ4n) is 2.80. The summed E-state index contributed by atoms with van der Waals surface area (Å²) in [6.45, 7) is 2.18. The highest BCUT2D eigenvalue weighted by molar-refractivity contribution is 9.10. The quantitative estimate of drug-likeness (QED) is 0.640. The summed E-state index contributed by atoms with van der Waals surface area (Å²) in [5.74, 6) is -0.777. The summed E-state index contributed by atoms with van der Waals surface area (Å²) in [5.41, 5.74) is 2.60. The van der Waals surface area contributed by atoms with Gasteiger partial charge in [0.1, 0.15) is 0 Å². The third-order valence-corrected chi connectivity index (χ3v) is 5.27. The summed E-state index contributed by atoms with van der Waals surface area (Å²) in [6, 6.07) is 10.7. The monoisotopic (exact) mass is 478 g/mol. The molecule has 5 nitrogen and oxygen atoms in total. The number of rotatable bonds is 5. The molecular formula is C19H16Br2N2O3. The van der Waals surface area contributed by atoms with E-state index in [0.717, 1.165) is 14.5 Å². The number of carbonyl (C=O) groups is 3. The van der Waals surface area contributed by atoms with Crippen LogP contribution in [0.5, 0.6) is 0 Å². The first kappa shape index (κ1) is 18.8. The molecule has 0 saturated carbocycles. The molecule has 0 aromatic heterocycles. The zero-order chi connectivity index (χ0) is 18.8. The lowest BCUT2D eigenvalue weighted by Crippen LogP contribution is -2.31. The van der Waals surface area contributed by atoms with Crippen LogP contribution in [0.3, 0.4) is 0 Å². The van der Waals surface area contributed by atoms with Crippen LogP contribution in [0.1, 0.15) is 39.1 Å². The Morgan fingerprint density at radius 2 is 1.77 bits per heavy atom. The molecule has 1 N–H and O–H groups in total. The van der Waals surface area contributed by atoms with Crippen molar-refractivity contribution in [1.82, 2.24) is 4.90 Å². The van der Waals surface area contributed by atoms with Gasteiger partial charge in [-0.25, -0.2) is 0 Å². The van der Waals surface area contributed by atoms with Gasteiger partial charge in [0.15, 0.2) is 0 Å². The maximum atomic E-state index is 12.4. The third kappa shape index (κ3) is 3.88. The largest absolute Gasteiger partial charge is 0.325 e. The Morgan fingerprint density at radius 3 is 2.50 bits per heavy atom. The zero-order valence-electron chi connectivity index (χ0n) is 14.0. The Morgan fingerprint density at radius 1 is 1.04 bits per heavy atom. The van der Waals surface area contributed by atoms with Gasteiger partial charge in [0.25, 0.3) is 11.8 Å². The first-order valence-corrected chi connectivity index (χ1v) is 9.67. The minimum absolute atomic E-state index is 0.158. The molecule has 0 bridgehead atoms. The molecule has 0 saturated heterocycles. The van der Waals surface area contributed by atoms with E-state index in [4.69, 9.17) is 0 Å². The number of carbonyl (C=O) groups excluding carboxylic acids is 3. The van der Waals surface area contributed by atoms with Crippen molar-refractivity contribution in [3.63, 3.8) is 0 Å². The molecule has 0 unspecified atom stereocenters. The van der Waals surface area contributed by atoms with Crippen LogP contribution in [-0.4, -0.2) is 29.2 Å². The fraction of sp³-hybridized carbons (Fsp3) is 0.211. The molecule has 0 radical (unpaired) electrons. The van der Waals surface area contributed by atoms with Crippen LogP contribution >= 0.6 is 31.9 Å². The molecule has 3 amide bonds. The molecule has 2 aromatic carbocycles.